The predicted molar refractivity (Wildman–Crippen MR) is 60.5 cm³/mol. The molecule has 1 fully saturated rings. The maximum absolute atomic E-state index is 5.71. The van der Waals surface area contributed by atoms with Crippen molar-refractivity contribution >= 4 is 29.1 Å². The van der Waals surface area contributed by atoms with Crippen LogP contribution in [0.1, 0.15) is 30.2 Å². The molecule has 76 valence electrons. The van der Waals surface area contributed by atoms with Crippen molar-refractivity contribution < 1.29 is 0 Å². The summed E-state index contributed by atoms with van der Waals surface area (Å²) in [6.45, 7) is 0. The molecular weight excluding hydrogens is 218 g/mol. The fourth-order valence-electron chi connectivity index (χ4n) is 1.54. The molecule has 1 atom stereocenters. The predicted octanol–water partition coefficient (Wildman–Crippen LogP) is 2.67. The molecule has 1 aliphatic heterocycles. The van der Waals surface area contributed by atoms with Gasteiger partial charge in [0.1, 0.15) is 0 Å². The highest BCUT2D eigenvalue weighted by Crippen LogP contribution is 2.37. The quantitative estimate of drug-likeness (QED) is 0.805. The van der Waals surface area contributed by atoms with Gasteiger partial charge in [-0.15, -0.1) is 5.10 Å². The Bertz CT molecular complexity index is 326. The molecule has 0 aliphatic carbocycles. The van der Waals surface area contributed by atoms with Gasteiger partial charge >= 0.3 is 0 Å². The van der Waals surface area contributed by atoms with Crippen LogP contribution >= 0.6 is 23.4 Å². The summed E-state index contributed by atoms with van der Waals surface area (Å²) in [7, 11) is 0. The summed E-state index contributed by atoms with van der Waals surface area (Å²) in [5, 5.41) is 8.67. The molecule has 1 saturated heterocycles. The zero-order valence-corrected chi connectivity index (χ0v) is 9.31. The summed E-state index contributed by atoms with van der Waals surface area (Å²) in [6, 6.07) is 1.85. The van der Waals surface area contributed by atoms with Gasteiger partial charge in [0.2, 0.25) is 0 Å². The molecule has 5 heteroatoms. The first-order valence-electron chi connectivity index (χ1n) is 4.67. The van der Waals surface area contributed by atoms with E-state index in [1.165, 1.54) is 25.0 Å². The van der Waals surface area contributed by atoms with Crippen molar-refractivity contribution in [3.8, 4) is 0 Å². The number of rotatable bonds is 1. The zero-order chi connectivity index (χ0) is 9.97. The van der Waals surface area contributed by atoms with E-state index in [4.69, 9.17) is 17.3 Å². The van der Waals surface area contributed by atoms with Gasteiger partial charge in [-0.1, -0.05) is 18.0 Å². The highest BCUT2D eigenvalue weighted by atomic mass is 35.5. The number of hydrogen-bond donors (Lipinski definition) is 1. The lowest BCUT2D eigenvalue weighted by molar-refractivity contribution is 0.669. The van der Waals surface area contributed by atoms with Crippen molar-refractivity contribution in [2.75, 3.05) is 11.5 Å². The van der Waals surface area contributed by atoms with Crippen LogP contribution in [-0.2, 0) is 0 Å². The topological polar surface area (TPSA) is 51.8 Å². The standard InChI is InChI=1S/C9H12ClN3S/c10-9-6(11)5-7(12-13-9)8-3-1-2-4-14-8/h5,8H,1-4H2,(H2,11,12). The fraction of sp³-hybridized carbons (Fsp3) is 0.556. The summed E-state index contributed by atoms with van der Waals surface area (Å²) >= 11 is 7.64. The second-order valence-corrected chi connectivity index (χ2v) is 5.04. The molecule has 2 rings (SSSR count). The molecule has 1 aromatic heterocycles. The number of nitrogen functional groups attached to an aromatic ring is 1. The van der Waals surface area contributed by atoms with Crippen LogP contribution < -0.4 is 5.73 Å². The van der Waals surface area contributed by atoms with Gasteiger partial charge in [-0.25, -0.2) is 0 Å². The normalized spacial score (nSPS) is 22.2. The molecule has 2 heterocycles. The minimum Gasteiger partial charge on any atom is -0.396 e. The van der Waals surface area contributed by atoms with Crippen LogP contribution in [0.3, 0.4) is 0 Å². The molecule has 3 nitrogen and oxygen atoms in total. The highest BCUT2D eigenvalue weighted by Gasteiger charge is 2.18. The van der Waals surface area contributed by atoms with E-state index in [1.807, 2.05) is 17.8 Å². The molecule has 0 spiro atoms. The largest absolute Gasteiger partial charge is 0.396 e. The number of nitrogens with zero attached hydrogens (tertiary/aromatic N) is 2. The van der Waals surface area contributed by atoms with Crippen molar-refractivity contribution in [1.29, 1.82) is 0 Å². The molecule has 1 aromatic rings. The van der Waals surface area contributed by atoms with Crippen molar-refractivity contribution in [1.82, 2.24) is 10.2 Å². The third kappa shape index (κ3) is 2.12. The van der Waals surface area contributed by atoms with Gasteiger partial charge in [0, 0.05) is 5.25 Å². The van der Waals surface area contributed by atoms with Crippen molar-refractivity contribution in [3.63, 3.8) is 0 Å². The second-order valence-electron chi connectivity index (χ2n) is 3.37. The van der Waals surface area contributed by atoms with Crippen molar-refractivity contribution in [2.45, 2.75) is 24.5 Å². The Morgan fingerprint density at radius 1 is 1.43 bits per heavy atom. The van der Waals surface area contributed by atoms with Crippen LogP contribution in [0.15, 0.2) is 6.07 Å². The Balaban J connectivity index is 2.18. The minimum atomic E-state index is 0.301. The first-order chi connectivity index (χ1) is 6.77. The minimum absolute atomic E-state index is 0.301. The number of hydrogen-bond acceptors (Lipinski definition) is 4. The van der Waals surface area contributed by atoms with Gasteiger partial charge in [0.25, 0.3) is 0 Å². The Morgan fingerprint density at radius 3 is 2.93 bits per heavy atom. The zero-order valence-electron chi connectivity index (χ0n) is 7.74. The van der Waals surface area contributed by atoms with E-state index in [0.717, 1.165) is 5.69 Å². The Labute approximate surface area is 92.4 Å². The van der Waals surface area contributed by atoms with Gasteiger partial charge in [-0.3, -0.25) is 0 Å². The van der Waals surface area contributed by atoms with Crippen LogP contribution in [0.4, 0.5) is 5.69 Å². The molecule has 0 saturated carbocycles. The molecular formula is C9H12ClN3S. The molecule has 2 N–H and O–H groups in total. The van der Waals surface area contributed by atoms with E-state index in [9.17, 15) is 0 Å². The Morgan fingerprint density at radius 2 is 2.29 bits per heavy atom. The fourth-order valence-corrected chi connectivity index (χ4v) is 2.91. The molecule has 0 aromatic carbocycles. The first kappa shape index (κ1) is 10.1. The molecule has 0 radical (unpaired) electrons. The average molecular weight is 230 g/mol. The molecule has 1 unspecified atom stereocenters. The maximum Gasteiger partial charge on any atom is 0.174 e. The lowest BCUT2D eigenvalue weighted by Gasteiger charge is -2.20. The number of anilines is 1. The van der Waals surface area contributed by atoms with Crippen LogP contribution in [0, 0.1) is 0 Å². The maximum atomic E-state index is 5.71. The summed E-state index contributed by atoms with van der Waals surface area (Å²) < 4.78 is 0. The number of aromatic nitrogens is 2. The second kappa shape index (κ2) is 4.36. The Hall–Kier alpha value is -0.480. The van der Waals surface area contributed by atoms with E-state index in [1.54, 1.807) is 0 Å². The number of thioether (sulfide) groups is 1. The van der Waals surface area contributed by atoms with E-state index in [0.29, 0.717) is 16.1 Å². The van der Waals surface area contributed by atoms with Crippen LogP contribution in [0.5, 0.6) is 0 Å². The van der Waals surface area contributed by atoms with E-state index in [2.05, 4.69) is 10.2 Å². The highest BCUT2D eigenvalue weighted by molar-refractivity contribution is 7.99. The van der Waals surface area contributed by atoms with Crippen LogP contribution in [0.25, 0.3) is 0 Å². The SMILES string of the molecule is Nc1cc(C2CCCCS2)nnc1Cl. The Kier molecular flexibility index (Phi) is 3.13. The summed E-state index contributed by atoms with van der Waals surface area (Å²) in [6.07, 6.45) is 3.74. The van der Waals surface area contributed by atoms with Crippen LogP contribution in [0.2, 0.25) is 5.15 Å². The summed E-state index contributed by atoms with van der Waals surface area (Å²) in [5.41, 5.74) is 7.18. The lowest BCUT2D eigenvalue weighted by atomic mass is 10.1. The molecule has 0 amide bonds. The molecule has 1 aliphatic rings. The third-order valence-electron chi connectivity index (χ3n) is 2.30. The summed E-state index contributed by atoms with van der Waals surface area (Å²) in [5.74, 6) is 1.20. The lowest BCUT2D eigenvalue weighted by Crippen LogP contribution is -2.06. The van der Waals surface area contributed by atoms with Gasteiger partial charge in [-0.05, 0) is 24.7 Å². The number of halogens is 1. The smallest absolute Gasteiger partial charge is 0.174 e. The van der Waals surface area contributed by atoms with Crippen LogP contribution in [-0.4, -0.2) is 16.0 Å². The third-order valence-corrected chi connectivity index (χ3v) is 4.00. The van der Waals surface area contributed by atoms with Crippen molar-refractivity contribution in [2.24, 2.45) is 0 Å². The first-order valence-corrected chi connectivity index (χ1v) is 6.10. The molecule has 14 heavy (non-hydrogen) atoms. The number of nitrogens with two attached hydrogens (primary N) is 1. The van der Waals surface area contributed by atoms with Gasteiger partial charge < -0.3 is 5.73 Å². The monoisotopic (exact) mass is 229 g/mol. The van der Waals surface area contributed by atoms with Gasteiger partial charge in [0.05, 0.1) is 11.4 Å². The van der Waals surface area contributed by atoms with Crippen molar-refractivity contribution in [3.05, 3.63) is 16.9 Å². The summed E-state index contributed by atoms with van der Waals surface area (Å²) in [4.78, 5) is 0. The van der Waals surface area contributed by atoms with Gasteiger partial charge in [0.15, 0.2) is 5.15 Å². The van der Waals surface area contributed by atoms with E-state index in [-0.39, 0.29) is 0 Å². The average Bonchev–Trinajstić information content (AvgIpc) is 2.23. The van der Waals surface area contributed by atoms with Gasteiger partial charge in [-0.2, -0.15) is 16.9 Å². The molecule has 0 bridgehead atoms. The van der Waals surface area contributed by atoms with E-state index < -0.39 is 0 Å². The van der Waals surface area contributed by atoms with E-state index >= 15 is 0 Å².